The molecule has 7 heteroatoms. The molecule has 0 aromatic rings. The van der Waals surface area contributed by atoms with Crippen molar-refractivity contribution in [3.63, 3.8) is 0 Å². The second-order valence-corrected chi connectivity index (χ2v) is 3.82. The molecule has 0 spiro atoms. The Hall–Kier alpha value is 0.300. The Morgan fingerprint density at radius 1 is 1.40 bits per heavy atom. The maximum Gasteiger partial charge on any atom is 0.432 e. The highest BCUT2D eigenvalue weighted by molar-refractivity contribution is 6.89. The van der Waals surface area contributed by atoms with Gasteiger partial charge in [-0.1, -0.05) is 46.4 Å². The summed E-state index contributed by atoms with van der Waals surface area (Å²) in [5.41, 5.74) is 0. The summed E-state index contributed by atoms with van der Waals surface area (Å²) in [4.78, 5) is 12.6. The number of amides is 1. The van der Waals surface area contributed by atoms with Crippen LogP contribution in [0.15, 0.2) is 4.99 Å². The number of carbonyl (C=O) groups is 1. The predicted octanol–water partition coefficient (Wildman–Crippen LogP) is 2.67. The van der Waals surface area contributed by atoms with Crippen LogP contribution in [0, 0.1) is 0 Å². The lowest BCUT2D eigenvalue weighted by molar-refractivity contribution is 0.206. The smallest absolute Gasteiger partial charge is 0.432 e. The van der Waals surface area contributed by atoms with Gasteiger partial charge in [0.2, 0.25) is 3.79 Å². The molecule has 0 aliphatic carbocycles. The van der Waals surface area contributed by atoms with E-state index in [0.29, 0.717) is 0 Å². The summed E-state index contributed by atoms with van der Waals surface area (Å²) in [5, 5.41) is 7.41. The average molecular weight is 225 g/mol. The second-order valence-electron chi connectivity index (χ2n) is 1.18. The SMILES string of the molecule is O=C(O)/N=C(\Cl)C(Cl)(Cl)Cl. The molecule has 0 aliphatic heterocycles. The van der Waals surface area contributed by atoms with Crippen LogP contribution in [0.3, 0.4) is 0 Å². The average Bonchev–Trinajstić information content (AvgIpc) is 1.60. The van der Waals surface area contributed by atoms with Crippen molar-refractivity contribution in [3.8, 4) is 0 Å². The van der Waals surface area contributed by atoms with E-state index in [9.17, 15) is 4.79 Å². The fraction of sp³-hybridized carbons (Fsp3) is 0.333. The summed E-state index contributed by atoms with van der Waals surface area (Å²) in [6, 6.07) is 0. The fourth-order valence-corrected chi connectivity index (χ4v) is 0.346. The molecular formula is C3HCl4NO2. The summed E-state index contributed by atoms with van der Waals surface area (Å²) in [7, 11) is 0. The number of aliphatic imine (C=N–C) groups is 1. The topological polar surface area (TPSA) is 49.7 Å². The summed E-state index contributed by atoms with van der Waals surface area (Å²) in [6.45, 7) is 0. The Bertz CT molecular complexity index is 172. The zero-order chi connectivity index (χ0) is 8.36. The summed E-state index contributed by atoms with van der Waals surface area (Å²) >= 11 is 20.5. The van der Waals surface area contributed by atoms with Crippen molar-refractivity contribution >= 4 is 57.7 Å². The van der Waals surface area contributed by atoms with Gasteiger partial charge < -0.3 is 5.11 Å². The van der Waals surface area contributed by atoms with Gasteiger partial charge in [0.15, 0.2) is 5.17 Å². The van der Waals surface area contributed by atoms with E-state index in [2.05, 4.69) is 4.99 Å². The zero-order valence-corrected chi connectivity index (χ0v) is 7.34. The number of halogens is 4. The molecule has 0 saturated carbocycles. The van der Waals surface area contributed by atoms with Crippen LogP contribution in [0.2, 0.25) is 0 Å². The maximum absolute atomic E-state index is 9.81. The molecule has 1 N–H and O–H groups in total. The Labute approximate surface area is 76.5 Å². The van der Waals surface area contributed by atoms with Crippen molar-refractivity contribution in [2.45, 2.75) is 3.79 Å². The van der Waals surface area contributed by atoms with Crippen LogP contribution in [0.25, 0.3) is 0 Å². The van der Waals surface area contributed by atoms with E-state index >= 15 is 0 Å². The van der Waals surface area contributed by atoms with E-state index < -0.39 is 15.1 Å². The van der Waals surface area contributed by atoms with Crippen molar-refractivity contribution in [2.24, 2.45) is 4.99 Å². The molecule has 58 valence electrons. The number of hydrogen-bond donors (Lipinski definition) is 1. The van der Waals surface area contributed by atoms with Gasteiger partial charge in [0, 0.05) is 0 Å². The van der Waals surface area contributed by atoms with Crippen LogP contribution < -0.4 is 0 Å². The lowest BCUT2D eigenvalue weighted by Gasteiger charge is -2.04. The molecule has 0 heterocycles. The van der Waals surface area contributed by atoms with Crippen molar-refractivity contribution in [2.75, 3.05) is 0 Å². The minimum atomic E-state index is -1.96. The van der Waals surface area contributed by atoms with Gasteiger partial charge in [0.05, 0.1) is 0 Å². The lowest BCUT2D eigenvalue weighted by Crippen LogP contribution is -2.13. The molecule has 0 bridgehead atoms. The Morgan fingerprint density at radius 3 is 1.90 bits per heavy atom. The molecule has 0 atom stereocenters. The van der Waals surface area contributed by atoms with Crippen LogP contribution in [0.5, 0.6) is 0 Å². The maximum atomic E-state index is 9.81. The minimum Gasteiger partial charge on any atom is -0.463 e. The van der Waals surface area contributed by atoms with E-state index in [4.69, 9.17) is 51.5 Å². The van der Waals surface area contributed by atoms with Gasteiger partial charge in [-0.2, -0.15) is 4.99 Å². The Kier molecular flexibility index (Phi) is 3.73. The molecule has 0 fully saturated rings. The van der Waals surface area contributed by atoms with Crippen LogP contribution in [-0.2, 0) is 0 Å². The van der Waals surface area contributed by atoms with Crippen LogP contribution in [0.4, 0.5) is 4.79 Å². The molecule has 0 unspecified atom stereocenters. The molecule has 0 rings (SSSR count). The summed E-state index contributed by atoms with van der Waals surface area (Å²) in [5.74, 6) is 0. The molecule has 3 nitrogen and oxygen atoms in total. The number of hydrogen-bond acceptors (Lipinski definition) is 1. The quantitative estimate of drug-likeness (QED) is 0.508. The third-order valence-electron chi connectivity index (χ3n) is 0.428. The Morgan fingerprint density at radius 2 is 1.80 bits per heavy atom. The largest absolute Gasteiger partial charge is 0.463 e. The third-order valence-corrected chi connectivity index (χ3v) is 1.62. The van der Waals surface area contributed by atoms with Gasteiger partial charge in [-0.15, -0.1) is 0 Å². The Balaban J connectivity index is 4.35. The first kappa shape index (κ1) is 10.3. The van der Waals surface area contributed by atoms with Crippen molar-refractivity contribution < 1.29 is 9.90 Å². The highest BCUT2D eigenvalue weighted by atomic mass is 35.6. The molecule has 0 radical (unpaired) electrons. The first-order valence-electron chi connectivity index (χ1n) is 1.88. The summed E-state index contributed by atoms with van der Waals surface area (Å²) in [6.07, 6.45) is -1.50. The van der Waals surface area contributed by atoms with E-state index in [-0.39, 0.29) is 0 Å². The van der Waals surface area contributed by atoms with Crippen molar-refractivity contribution in [1.82, 2.24) is 0 Å². The summed E-state index contributed by atoms with van der Waals surface area (Å²) < 4.78 is -1.96. The number of rotatable bonds is 0. The first-order valence-corrected chi connectivity index (χ1v) is 3.39. The molecule has 0 aromatic carbocycles. The van der Waals surface area contributed by atoms with E-state index in [0.717, 1.165) is 0 Å². The van der Waals surface area contributed by atoms with Gasteiger partial charge in [-0.3, -0.25) is 0 Å². The molecule has 0 saturated heterocycles. The van der Waals surface area contributed by atoms with Gasteiger partial charge in [0.1, 0.15) is 0 Å². The van der Waals surface area contributed by atoms with Crippen molar-refractivity contribution in [3.05, 3.63) is 0 Å². The highest BCUT2D eigenvalue weighted by Gasteiger charge is 2.27. The van der Waals surface area contributed by atoms with Crippen molar-refractivity contribution in [1.29, 1.82) is 0 Å². The molecular weight excluding hydrogens is 224 g/mol. The lowest BCUT2D eigenvalue weighted by atomic mass is 10.8. The zero-order valence-electron chi connectivity index (χ0n) is 4.31. The normalized spacial score (nSPS) is 13.4. The van der Waals surface area contributed by atoms with Gasteiger partial charge >= 0.3 is 6.09 Å². The molecule has 10 heavy (non-hydrogen) atoms. The minimum absolute atomic E-state index is 0.593. The second kappa shape index (κ2) is 3.62. The van der Waals surface area contributed by atoms with Gasteiger partial charge in [-0.05, 0) is 0 Å². The molecule has 0 aliphatic rings. The number of carboxylic acid groups (broad SMARTS) is 1. The highest BCUT2D eigenvalue weighted by Crippen LogP contribution is 2.29. The van der Waals surface area contributed by atoms with E-state index in [1.807, 2.05) is 0 Å². The van der Waals surface area contributed by atoms with Crippen LogP contribution in [0.1, 0.15) is 0 Å². The monoisotopic (exact) mass is 223 g/mol. The predicted molar refractivity (Wildman–Crippen MR) is 41.6 cm³/mol. The number of alkyl halides is 3. The molecule has 1 amide bonds. The van der Waals surface area contributed by atoms with Gasteiger partial charge in [-0.25, -0.2) is 4.79 Å². The van der Waals surface area contributed by atoms with E-state index in [1.54, 1.807) is 0 Å². The third kappa shape index (κ3) is 4.17. The fourth-order valence-electron chi connectivity index (χ4n) is 0.147. The first-order chi connectivity index (χ1) is 4.34. The van der Waals surface area contributed by atoms with Crippen LogP contribution >= 0.6 is 46.4 Å². The molecule has 0 aromatic heterocycles. The van der Waals surface area contributed by atoms with E-state index in [1.165, 1.54) is 0 Å². The van der Waals surface area contributed by atoms with Crippen LogP contribution in [-0.4, -0.2) is 20.2 Å². The van der Waals surface area contributed by atoms with Gasteiger partial charge in [0.25, 0.3) is 0 Å². The number of nitrogens with zero attached hydrogens (tertiary/aromatic N) is 1. The standard InChI is InChI=1S/C3HCl4NO2/c4-1(3(5,6)7)8-2(9)10/h(H,9,10)/b8-1-.